The van der Waals surface area contributed by atoms with Crippen molar-refractivity contribution in [3.05, 3.63) is 76.2 Å². The summed E-state index contributed by atoms with van der Waals surface area (Å²) in [6, 6.07) is 14.5. The van der Waals surface area contributed by atoms with Gasteiger partial charge in [0.25, 0.3) is 0 Å². The number of aliphatic imine (C=N–C) groups is 1. The van der Waals surface area contributed by atoms with Crippen molar-refractivity contribution in [1.82, 2.24) is 20.4 Å². The predicted molar refractivity (Wildman–Crippen MR) is 119 cm³/mol. The summed E-state index contributed by atoms with van der Waals surface area (Å²) in [5.74, 6) is 0.838. The number of nitrogens with one attached hydrogen (secondary N) is 2. The third kappa shape index (κ3) is 6.14. The molecule has 0 amide bonds. The first kappa shape index (κ1) is 20.4. The highest BCUT2D eigenvalue weighted by molar-refractivity contribution is 14.0. The Kier molecular flexibility index (Phi) is 8.63. The number of hydrogen-bond donors (Lipinski definition) is 2. The fraction of sp³-hybridized carbons (Fsp3) is 0.263. The van der Waals surface area contributed by atoms with E-state index in [0.29, 0.717) is 6.54 Å². The number of halogens is 1. The van der Waals surface area contributed by atoms with Crippen LogP contribution in [0.2, 0.25) is 0 Å². The number of rotatable bonds is 7. The van der Waals surface area contributed by atoms with Crippen molar-refractivity contribution in [3.8, 4) is 0 Å². The van der Waals surface area contributed by atoms with E-state index in [0.717, 1.165) is 25.6 Å². The molecule has 138 valence electrons. The van der Waals surface area contributed by atoms with Crippen molar-refractivity contribution < 1.29 is 0 Å². The van der Waals surface area contributed by atoms with Gasteiger partial charge in [0.1, 0.15) is 0 Å². The van der Waals surface area contributed by atoms with Gasteiger partial charge in [-0.15, -0.1) is 35.3 Å². The van der Waals surface area contributed by atoms with E-state index in [-0.39, 0.29) is 24.0 Å². The summed E-state index contributed by atoms with van der Waals surface area (Å²) in [5, 5.41) is 13.1. The Bertz CT molecular complexity index is 784. The molecule has 2 N–H and O–H groups in total. The maximum Gasteiger partial charge on any atom is 0.191 e. The summed E-state index contributed by atoms with van der Waals surface area (Å²) in [5.41, 5.74) is 2.45. The molecule has 0 saturated carbocycles. The second-order valence-corrected chi connectivity index (χ2v) is 6.63. The summed E-state index contributed by atoms with van der Waals surface area (Å²) < 4.78 is 1.93. The minimum Gasteiger partial charge on any atom is -0.357 e. The molecule has 0 spiro atoms. The molecule has 7 heteroatoms. The van der Waals surface area contributed by atoms with Gasteiger partial charge in [-0.25, -0.2) is 4.99 Å². The average molecular weight is 481 g/mol. The zero-order valence-corrected chi connectivity index (χ0v) is 17.9. The topological polar surface area (TPSA) is 54.2 Å². The maximum absolute atomic E-state index is 4.74. The zero-order chi connectivity index (χ0) is 17.3. The second-order valence-electron chi connectivity index (χ2n) is 5.60. The van der Waals surface area contributed by atoms with Crippen molar-refractivity contribution in [3.63, 3.8) is 0 Å². The molecule has 26 heavy (non-hydrogen) atoms. The van der Waals surface area contributed by atoms with E-state index in [1.54, 1.807) is 17.5 Å². The smallest absolute Gasteiger partial charge is 0.191 e. The predicted octanol–water partition coefficient (Wildman–Crippen LogP) is 3.87. The number of hydrogen-bond acceptors (Lipinski definition) is 3. The number of benzene rings is 1. The summed E-state index contributed by atoms with van der Waals surface area (Å²) in [7, 11) is 0. The van der Waals surface area contributed by atoms with E-state index in [4.69, 9.17) is 4.99 Å². The fourth-order valence-corrected chi connectivity index (χ4v) is 3.17. The molecule has 0 saturated heterocycles. The molecule has 0 bridgehead atoms. The molecule has 0 unspecified atom stereocenters. The first-order valence-electron chi connectivity index (χ1n) is 8.44. The second kappa shape index (κ2) is 11.0. The van der Waals surface area contributed by atoms with Crippen molar-refractivity contribution in [2.24, 2.45) is 4.99 Å². The van der Waals surface area contributed by atoms with Crippen LogP contribution in [0, 0.1) is 0 Å². The van der Waals surface area contributed by atoms with Crippen LogP contribution in [0.15, 0.2) is 65.2 Å². The van der Waals surface area contributed by atoms with Crippen LogP contribution in [0.5, 0.6) is 0 Å². The molecule has 0 aliphatic rings. The highest BCUT2D eigenvalue weighted by atomic mass is 127. The maximum atomic E-state index is 4.74. The van der Waals surface area contributed by atoms with Crippen molar-refractivity contribution >= 4 is 41.3 Å². The van der Waals surface area contributed by atoms with E-state index in [2.05, 4.69) is 64.4 Å². The molecular weight excluding hydrogens is 457 g/mol. The van der Waals surface area contributed by atoms with Crippen LogP contribution in [0.3, 0.4) is 0 Å². The Balaban J connectivity index is 0.00000243. The van der Waals surface area contributed by atoms with Gasteiger partial charge in [-0.1, -0.05) is 30.3 Å². The summed E-state index contributed by atoms with van der Waals surface area (Å²) in [6.45, 7) is 5.10. The van der Waals surface area contributed by atoms with Gasteiger partial charge in [-0.05, 0) is 35.6 Å². The summed E-state index contributed by atoms with van der Waals surface area (Å²) >= 11 is 1.75. The van der Waals surface area contributed by atoms with Crippen LogP contribution < -0.4 is 10.6 Å². The molecule has 0 radical (unpaired) electrons. The molecule has 5 nitrogen and oxygen atoms in total. The lowest BCUT2D eigenvalue weighted by Gasteiger charge is -2.12. The molecule has 3 rings (SSSR count). The van der Waals surface area contributed by atoms with Crippen LogP contribution in [-0.2, 0) is 19.6 Å². The van der Waals surface area contributed by atoms with Crippen molar-refractivity contribution in [2.45, 2.75) is 26.6 Å². The van der Waals surface area contributed by atoms with Crippen LogP contribution in [0.25, 0.3) is 0 Å². The Labute approximate surface area is 175 Å². The van der Waals surface area contributed by atoms with Crippen LogP contribution in [-0.4, -0.2) is 22.3 Å². The first-order valence-corrected chi connectivity index (χ1v) is 9.32. The minimum absolute atomic E-state index is 0. The molecule has 0 aliphatic carbocycles. The molecule has 0 aliphatic heterocycles. The first-order chi connectivity index (χ1) is 12.3. The van der Waals surface area contributed by atoms with Crippen molar-refractivity contribution in [2.75, 3.05) is 6.54 Å². The minimum atomic E-state index is 0. The van der Waals surface area contributed by atoms with Gasteiger partial charge in [0.15, 0.2) is 5.96 Å². The van der Waals surface area contributed by atoms with E-state index in [1.807, 2.05) is 16.9 Å². The SMILES string of the molecule is CCNC(=NCc1ccccc1Cn1cccn1)NCc1cccs1.I. The summed E-state index contributed by atoms with van der Waals surface area (Å²) in [4.78, 5) is 6.04. The Hall–Kier alpha value is -1.87. The third-order valence-corrected chi connectivity index (χ3v) is 4.65. The van der Waals surface area contributed by atoms with Crippen LogP contribution in [0.1, 0.15) is 22.9 Å². The van der Waals surface area contributed by atoms with E-state index >= 15 is 0 Å². The molecule has 1 aromatic carbocycles. The van der Waals surface area contributed by atoms with Gasteiger partial charge >= 0.3 is 0 Å². The normalized spacial score (nSPS) is 11.0. The highest BCUT2D eigenvalue weighted by Crippen LogP contribution is 2.12. The van der Waals surface area contributed by atoms with E-state index in [9.17, 15) is 0 Å². The monoisotopic (exact) mass is 481 g/mol. The standard InChI is InChI=1S/C19H23N5S.HI/c1-2-20-19(22-14-18-9-5-12-25-18)21-13-16-7-3-4-8-17(16)15-24-11-6-10-23-24;/h3-12H,2,13-15H2,1H3,(H2,20,21,22);1H. The van der Waals surface area contributed by atoms with Gasteiger partial charge in [0.2, 0.25) is 0 Å². The lowest BCUT2D eigenvalue weighted by Crippen LogP contribution is -2.36. The third-order valence-electron chi connectivity index (χ3n) is 3.77. The van der Waals surface area contributed by atoms with Gasteiger partial charge in [0, 0.05) is 23.8 Å². The lowest BCUT2D eigenvalue weighted by molar-refractivity contribution is 0.680. The fourth-order valence-electron chi connectivity index (χ4n) is 2.52. The van der Waals surface area contributed by atoms with Crippen LogP contribution in [0.4, 0.5) is 0 Å². The largest absolute Gasteiger partial charge is 0.357 e. The van der Waals surface area contributed by atoms with E-state index in [1.165, 1.54) is 16.0 Å². The molecule has 2 aromatic heterocycles. The average Bonchev–Trinajstić information content (AvgIpc) is 3.32. The number of aromatic nitrogens is 2. The Morgan fingerprint density at radius 3 is 2.65 bits per heavy atom. The number of thiophene rings is 1. The lowest BCUT2D eigenvalue weighted by atomic mass is 10.1. The van der Waals surface area contributed by atoms with Gasteiger partial charge < -0.3 is 10.6 Å². The molecule has 0 atom stereocenters. The van der Waals surface area contributed by atoms with Crippen molar-refractivity contribution in [1.29, 1.82) is 0 Å². The molecule has 0 fully saturated rings. The molecule has 3 aromatic rings. The van der Waals surface area contributed by atoms with Gasteiger partial charge in [-0.3, -0.25) is 4.68 Å². The zero-order valence-electron chi connectivity index (χ0n) is 14.8. The number of guanidine groups is 1. The Morgan fingerprint density at radius 2 is 1.96 bits per heavy atom. The molecule has 2 heterocycles. The quantitative estimate of drug-likeness (QED) is 0.306. The van der Waals surface area contributed by atoms with Gasteiger partial charge in [0.05, 0.1) is 19.6 Å². The van der Waals surface area contributed by atoms with E-state index < -0.39 is 0 Å². The highest BCUT2D eigenvalue weighted by Gasteiger charge is 2.04. The van der Waals surface area contributed by atoms with Crippen LogP contribution >= 0.6 is 35.3 Å². The van der Waals surface area contributed by atoms with Gasteiger partial charge in [-0.2, -0.15) is 5.10 Å². The number of nitrogens with zero attached hydrogens (tertiary/aromatic N) is 3. The Morgan fingerprint density at radius 1 is 1.12 bits per heavy atom. The molecular formula is C19H24IN5S. The summed E-state index contributed by atoms with van der Waals surface area (Å²) in [6.07, 6.45) is 3.78.